The number of hydrogen-bond acceptors (Lipinski definition) is 2. The zero-order chi connectivity index (χ0) is 9.19. The summed E-state index contributed by atoms with van der Waals surface area (Å²) in [4.78, 5) is 4.44. The van der Waals surface area contributed by atoms with Gasteiger partial charge in [-0.15, -0.1) is 0 Å². The molecule has 1 rings (SSSR count). The predicted molar refractivity (Wildman–Crippen MR) is 53.7 cm³/mol. The molecule has 1 nitrogen and oxygen atoms in total. The molecule has 1 aliphatic heterocycles. The third-order valence-electron chi connectivity index (χ3n) is 2.38. The van der Waals surface area contributed by atoms with Gasteiger partial charge in [-0.2, -0.15) is 0 Å². The van der Waals surface area contributed by atoms with E-state index in [0.29, 0.717) is 3.42 Å². The molecule has 0 amide bonds. The summed E-state index contributed by atoms with van der Waals surface area (Å²) in [5.41, 5.74) is 2.63. The molecule has 0 radical (unpaired) electrons. The van der Waals surface area contributed by atoms with Gasteiger partial charge >= 0.3 is 89.1 Å². The minimum atomic E-state index is -0.0218. The van der Waals surface area contributed by atoms with Crippen LogP contribution in [0.15, 0.2) is 16.6 Å². The zero-order valence-electron chi connectivity index (χ0n) is 7.76. The van der Waals surface area contributed by atoms with Crippen molar-refractivity contribution in [3.8, 4) is 0 Å². The van der Waals surface area contributed by atoms with Crippen LogP contribution in [0.4, 0.5) is 0 Å². The standard InChI is InChI=1S/C9H15INS/c1-7-6-8(2)11-5-4-9(7,3)10-12/h6,12H,4-5H2,1-3H3/q-1. The summed E-state index contributed by atoms with van der Waals surface area (Å²) in [7, 11) is 4.50. The summed E-state index contributed by atoms with van der Waals surface area (Å²) < 4.78 is 0.364. The second kappa shape index (κ2) is 4.13. The zero-order valence-corrected chi connectivity index (χ0v) is 10.8. The second-order valence-electron chi connectivity index (χ2n) is 3.38. The third kappa shape index (κ3) is 2.25. The van der Waals surface area contributed by atoms with E-state index in [2.05, 4.69) is 41.6 Å². The van der Waals surface area contributed by atoms with Crippen molar-refractivity contribution in [1.29, 1.82) is 0 Å². The molecular formula is C9H15INS-. The number of aliphatic imine (C=N–C) groups is 1. The average Bonchev–Trinajstić information content (AvgIpc) is 2.14. The van der Waals surface area contributed by atoms with E-state index in [0.717, 1.165) is 6.54 Å². The molecule has 1 heterocycles. The number of nitrogens with zero attached hydrogens (tertiary/aromatic N) is 1. The number of thiol groups is 1. The molecule has 0 aromatic heterocycles. The van der Waals surface area contributed by atoms with E-state index in [1.165, 1.54) is 17.7 Å². The predicted octanol–water partition coefficient (Wildman–Crippen LogP) is -0.510. The van der Waals surface area contributed by atoms with Crippen LogP contribution in [-0.2, 0) is 0 Å². The number of hydrogen-bond donors (Lipinski definition) is 1. The van der Waals surface area contributed by atoms with Gasteiger partial charge in [0.05, 0.1) is 0 Å². The normalized spacial score (nSPS) is 31.0. The topological polar surface area (TPSA) is 12.4 Å². The van der Waals surface area contributed by atoms with E-state index in [1.807, 2.05) is 0 Å². The van der Waals surface area contributed by atoms with Crippen LogP contribution in [0, 0.1) is 0 Å². The maximum atomic E-state index is 4.50. The molecule has 0 aromatic carbocycles. The van der Waals surface area contributed by atoms with Crippen LogP contribution in [-0.4, -0.2) is 15.7 Å². The van der Waals surface area contributed by atoms with Crippen molar-refractivity contribution in [2.75, 3.05) is 6.54 Å². The van der Waals surface area contributed by atoms with E-state index in [1.54, 1.807) is 0 Å². The first-order chi connectivity index (χ1) is 5.58. The van der Waals surface area contributed by atoms with Gasteiger partial charge in [-0.05, 0) is 0 Å². The minimum absolute atomic E-state index is 0.0218. The molecule has 70 valence electrons. The summed E-state index contributed by atoms with van der Waals surface area (Å²) in [5.74, 6) is 0. The van der Waals surface area contributed by atoms with Crippen molar-refractivity contribution >= 4 is 15.5 Å². The molecule has 0 spiro atoms. The van der Waals surface area contributed by atoms with Crippen LogP contribution >= 0.6 is 9.80 Å². The van der Waals surface area contributed by atoms with Gasteiger partial charge in [-0.3, -0.25) is 0 Å². The van der Waals surface area contributed by atoms with Gasteiger partial charge in [0.25, 0.3) is 0 Å². The van der Waals surface area contributed by atoms with Crippen LogP contribution < -0.4 is 19.8 Å². The fourth-order valence-electron chi connectivity index (χ4n) is 1.26. The molecular weight excluding hydrogens is 281 g/mol. The Hall–Kier alpha value is 0.490. The van der Waals surface area contributed by atoms with Gasteiger partial charge in [-0.1, -0.05) is 0 Å². The number of rotatable bonds is 1. The van der Waals surface area contributed by atoms with Crippen molar-refractivity contribution in [2.45, 2.75) is 30.6 Å². The van der Waals surface area contributed by atoms with Crippen LogP contribution in [0.25, 0.3) is 0 Å². The third-order valence-corrected chi connectivity index (χ3v) is 7.33. The van der Waals surface area contributed by atoms with Crippen molar-refractivity contribution < 1.29 is 19.8 Å². The molecule has 0 bridgehead atoms. The van der Waals surface area contributed by atoms with Gasteiger partial charge in [0, 0.05) is 0 Å². The van der Waals surface area contributed by atoms with Gasteiger partial charge in [0.1, 0.15) is 0 Å². The molecule has 0 saturated heterocycles. The maximum absolute atomic E-state index is 4.50. The fourth-order valence-corrected chi connectivity index (χ4v) is 3.74. The first kappa shape index (κ1) is 10.6. The molecule has 3 heteroatoms. The summed E-state index contributed by atoms with van der Waals surface area (Å²) in [6.45, 7) is 7.57. The Morgan fingerprint density at radius 1 is 1.58 bits per heavy atom. The summed E-state index contributed by atoms with van der Waals surface area (Å²) in [5, 5.41) is 0. The molecule has 1 atom stereocenters. The Bertz CT molecular complexity index is 235. The molecule has 0 aromatic rings. The Kier molecular flexibility index (Phi) is 3.64. The van der Waals surface area contributed by atoms with Crippen LogP contribution in [0.2, 0.25) is 0 Å². The fraction of sp³-hybridized carbons (Fsp3) is 0.667. The molecule has 0 N–H and O–H groups in total. The quantitative estimate of drug-likeness (QED) is 0.380. The average molecular weight is 296 g/mol. The van der Waals surface area contributed by atoms with Crippen LogP contribution in [0.3, 0.4) is 0 Å². The van der Waals surface area contributed by atoms with Gasteiger partial charge in [-0.25, -0.2) is 0 Å². The Labute approximate surface area is 88.8 Å². The Balaban J connectivity index is 2.90. The molecule has 12 heavy (non-hydrogen) atoms. The van der Waals surface area contributed by atoms with E-state index < -0.39 is 0 Å². The van der Waals surface area contributed by atoms with E-state index in [4.69, 9.17) is 0 Å². The Morgan fingerprint density at radius 3 is 2.83 bits per heavy atom. The molecule has 1 unspecified atom stereocenters. The van der Waals surface area contributed by atoms with Crippen LogP contribution in [0.5, 0.6) is 0 Å². The summed E-state index contributed by atoms with van der Waals surface area (Å²) in [6.07, 6.45) is 3.38. The number of halogens is 1. The van der Waals surface area contributed by atoms with Crippen molar-refractivity contribution in [3.05, 3.63) is 11.6 Å². The molecule has 0 fully saturated rings. The molecule has 1 aliphatic rings. The van der Waals surface area contributed by atoms with Gasteiger partial charge < -0.3 is 0 Å². The Morgan fingerprint density at radius 2 is 2.25 bits per heavy atom. The van der Waals surface area contributed by atoms with Crippen LogP contribution in [0.1, 0.15) is 27.2 Å². The number of allylic oxidation sites excluding steroid dienone is 2. The van der Waals surface area contributed by atoms with Crippen molar-refractivity contribution in [1.82, 2.24) is 0 Å². The monoisotopic (exact) mass is 296 g/mol. The van der Waals surface area contributed by atoms with Gasteiger partial charge in [0.15, 0.2) is 0 Å². The van der Waals surface area contributed by atoms with E-state index >= 15 is 0 Å². The van der Waals surface area contributed by atoms with E-state index in [9.17, 15) is 0 Å². The van der Waals surface area contributed by atoms with E-state index in [-0.39, 0.29) is 19.8 Å². The summed E-state index contributed by atoms with van der Waals surface area (Å²) >= 11 is -0.0218. The van der Waals surface area contributed by atoms with Crippen molar-refractivity contribution in [2.24, 2.45) is 4.99 Å². The second-order valence-corrected chi connectivity index (χ2v) is 7.38. The first-order valence-corrected chi connectivity index (χ1v) is 8.39. The number of alkyl halides is 1. The molecule has 0 saturated carbocycles. The van der Waals surface area contributed by atoms with Crippen molar-refractivity contribution in [3.63, 3.8) is 0 Å². The first-order valence-electron chi connectivity index (χ1n) is 4.08. The molecule has 0 aliphatic carbocycles. The van der Waals surface area contributed by atoms with Gasteiger partial charge in [0.2, 0.25) is 0 Å². The SMILES string of the molecule is CC1=CC(C)=NCCC1(C)[I-]S. The summed E-state index contributed by atoms with van der Waals surface area (Å²) in [6, 6.07) is 0.